The number of halogens is 1. The molecule has 10 nitrogen and oxygen atoms in total. The van der Waals surface area contributed by atoms with Crippen molar-refractivity contribution in [2.24, 2.45) is 10.2 Å². The Hall–Kier alpha value is -3.63. The molecular weight excluding hydrogens is 474 g/mol. The highest BCUT2D eigenvalue weighted by molar-refractivity contribution is 6.33. The summed E-state index contributed by atoms with van der Waals surface area (Å²) in [5.41, 5.74) is 1.12. The third-order valence-electron chi connectivity index (χ3n) is 4.82. The van der Waals surface area contributed by atoms with Gasteiger partial charge < -0.3 is 20.3 Å². The molecule has 0 aliphatic heterocycles. The monoisotopic (exact) mass is 501 g/mol. The molecule has 0 radical (unpaired) electrons. The molecule has 186 valence electrons. The number of azo groups is 1. The zero-order valence-electron chi connectivity index (χ0n) is 20.0. The zero-order chi connectivity index (χ0) is 26.0. The van der Waals surface area contributed by atoms with Gasteiger partial charge in [-0.25, -0.2) is 0 Å². The van der Waals surface area contributed by atoms with Crippen LogP contribution in [0.2, 0.25) is 5.02 Å². The van der Waals surface area contributed by atoms with Gasteiger partial charge in [0.05, 0.1) is 23.5 Å². The molecule has 0 heterocycles. The maximum absolute atomic E-state index is 12.7. The quantitative estimate of drug-likeness (QED) is 0.198. The summed E-state index contributed by atoms with van der Waals surface area (Å²) in [6, 6.07) is 7.57. The predicted octanol–water partition coefficient (Wildman–Crippen LogP) is 3.52. The van der Waals surface area contributed by atoms with Crippen LogP contribution in [0, 0.1) is 0 Å². The van der Waals surface area contributed by atoms with Crippen molar-refractivity contribution in [3.63, 3.8) is 0 Å². The molecule has 2 aromatic rings. The number of ether oxygens (including phenoxy) is 1. The fourth-order valence-corrected chi connectivity index (χ4v) is 3.15. The highest BCUT2D eigenvalue weighted by atomic mass is 35.5. The van der Waals surface area contributed by atoms with Gasteiger partial charge in [-0.2, -0.15) is 10.2 Å². The number of nitrogens with zero attached hydrogens (tertiary/aromatic N) is 3. The molecule has 2 aromatic carbocycles. The molecule has 0 aromatic heterocycles. The molecule has 2 amide bonds. The molecular formula is C24H28ClN5O5. The number of ketones is 1. The van der Waals surface area contributed by atoms with Gasteiger partial charge in [0, 0.05) is 23.7 Å². The molecule has 2 N–H and O–H groups in total. The number of Topliss-reactive ketones (excluding diaryl/α,β-unsaturated/α-hetero) is 1. The van der Waals surface area contributed by atoms with Crippen LogP contribution >= 0.6 is 11.6 Å². The molecule has 0 fully saturated rings. The molecule has 1 unspecified atom stereocenters. The maximum Gasteiger partial charge on any atom is 0.258 e. The molecule has 0 saturated carbocycles. The summed E-state index contributed by atoms with van der Waals surface area (Å²) in [7, 11) is 5.30. The van der Waals surface area contributed by atoms with Gasteiger partial charge in [-0.15, -0.1) is 0 Å². The number of carbonyl (C=O) groups excluding carboxylic acids is 4. The second kappa shape index (κ2) is 13.3. The largest absolute Gasteiger partial charge is 0.495 e. The number of benzene rings is 2. The Morgan fingerprint density at radius 2 is 1.86 bits per heavy atom. The minimum Gasteiger partial charge on any atom is -0.495 e. The second-order valence-electron chi connectivity index (χ2n) is 7.87. The van der Waals surface area contributed by atoms with Crippen molar-refractivity contribution in [1.82, 2.24) is 10.2 Å². The molecule has 0 aliphatic carbocycles. The van der Waals surface area contributed by atoms with Crippen molar-refractivity contribution in [2.75, 3.05) is 39.6 Å². The molecule has 0 aliphatic rings. The lowest BCUT2D eigenvalue weighted by Crippen LogP contribution is -2.32. The minimum atomic E-state index is -1.44. The molecule has 1 atom stereocenters. The van der Waals surface area contributed by atoms with Crippen LogP contribution < -0.4 is 15.4 Å². The number of anilines is 1. The van der Waals surface area contributed by atoms with Crippen molar-refractivity contribution in [3.05, 3.63) is 52.5 Å². The van der Waals surface area contributed by atoms with E-state index in [1.807, 2.05) is 19.0 Å². The van der Waals surface area contributed by atoms with Crippen molar-refractivity contribution in [3.8, 4) is 5.75 Å². The van der Waals surface area contributed by atoms with E-state index in [9.17, 15) is 19.2 Å². The number of nitrogens with one attached hydrogen (secondary N) is 2. The van der Waals surface area contributed by atoms with E-state index in [1.54, 1.807) is 24.3 Å². The van der Waals surface area contributed by atoms with Crippen molar-refractivity contribution in [2.45, 2.75) is 19.4 Å². The third-order valence-corrected chi connectivity index (χ3v) is 5.15. The van der Waals surface area contributed by atoms with Gasteiger partial charge >= 0.3 is 0 Å². The van der Waals surface area contributed by atoms with Gasteiger partial charge in [0.25, 0.3) is 11.8 Å². The molecule has 11 heteroatoms. The molecule has 0 saturated heterocycles. The summed E-state index contributed by atoms with van der Waals surface area (Å²) in [5, 5.41) is 13.4. The van der Waals surface area contributed by atoms with Crippen LogP contribution in [0.4, 0.5) is 11.4 Å². The lowest BCUT2D eigenvalue weighted by Gasteiger charge is -2.13. The molecule has 2 rings (SSSR count). The number of aldehydes is 1. The van der Waals surface area contributed by atoms with Crippen LogP contribution in [0.1, 0.15) is 34.1 Å². The lowest BCUT2D eigenvalue weighted by atomic mass is 10.1. The topological polar surface area (TPSA) is 130 Å². The van der Waals surface area contributed by atoms with Crippen molar-refractivity contribution in [1.29, 1.82) is 0 Å². The van der Waals surface area contributed by atoms with Gasteiger partial charge in [0.2, 0.25) is 6.04 Å². The number of rotatable bonds is 12. The summed E-state index contributed by atoms with van der Waals surface area (Å²) in [6.45, 7) is 2.64. The van der Waals surface area contributed by atoms with Crippen LogP contribution in [-0.2, 0) is 9.59 Å². The third kappa shape index (κ3) is 8.27. The van der Waals surface area contributed by atoms with E-state index in [4.69, 9.17) is 16.3 Å². The Balaban J connectivity index is 2.08. The van der Waals surface area contributed by atoms with Crippen LogP contribution in [0.3, 0.4) is 0 Å². The van der Waals surface area contributed by atoms with Gasteiger partial charge in [-0.3, -0.25) is 19.2 Å². The van der Waals surface area contributed by atoms with Gasteiger partial charge in [-0.05, 0) is 64.3 Å². The van der Waals surface area contributed by atoms with E-state index < -0.39 is 17.7 Å². The zero-order valence-corrected chi connectivity index (χ0v) is 20.8. The summed E-state index contributed by atoms with van der Waals surface area (Å²) in [6.07, 6.45) is 1.37. The van der Waals surface area contributed by atoms with E-state index in [2.05, 4.69) is 20.9 Å². The lowest BCUT2D eigenvalue weighted by molar-refractivity contribution is -0.126. The Bertz CT molecular complexity index is 1100. The first-order chi connectivity index (χ1) is 16.7. The Morgan fingerprint density at radius 1 is 1.17 bits per heavy atom. The summed E-state index contributed by atoms with van der Waals surface area (Å²) < 4.78 is 5.18. The van der Waals surface area contributed by atoms with E-state index in [0.717, 1.165) is 13.0 Å². The van der Waals surface area contributed by atoms with E-state index in [0.29, 0.717) is 24.1 Å². The normalized spacial score (nSPS) is 11.8. The first-order valence-corrected chi connectivity index (χ1v) is 11.1. The van der Waals surface area contributed by atoms with E-state index in [-0.39, 0.29) is 27.9 Å². The average Bonchev–Trinajstić information content (AvgIpc) is 2.82. The summed E-state index contributed by atoms with van der Waals surface area (Å²) in [4.78, 5) is 50.2. The number of carbonyl (C=O) groups is 4. The Kier molecular flexibility index (Phi) is 10.5. The standard InChI is InChI=1S/C24H28ClN5O5/c1-15(32)22(24(34)27-20-12-17(14-31)19(25)13-21(20)35-4)29-28-18-8-6-16(7-9-18)23(33)26-10-5-11-30(2)3/h6-9,12-14,22H,5,10-11H2,1-4H3,(H,26,33)(H,27,34). The Morgan fingerprint density at radius 3 is 2.43 bits per heavy atom. The minimum absolute atomic E-state index is 0.144. The van der Waals surface area contributed by atoms with Crippen LogP contribution in [0.25, 0.3) is 0 Å². The first kappa shape index (κ1) is 27.6. The number of amides is 2. The summed E-state index contributed by atoms with van der Waals surface area (Å²) in [5.74, 6) is -1.29. The number of methoxy groups -OCH3 is 1. The van der Waals surface area contributed by atoms with E-state index in [1.165, 1.54) is 26.2 Å². The van der Waals surface area contributed by atoms with Gasteiger partial charge in [0.1, 0.15) is 5.75 Å². The van der Waals surface area contributed by atoms with Crippen LogP contribution in [0.5, 0.6) is 5.75 Å². The SMILES string of the molecule is COc1cc(Cl)c(C=O)cc1NC(=O)C(N=Nc1ccc(C(=O)NCCCN(C)C)cc1)C(C)=O. The smallest absolute Gasteiger partial charge is 0.258 e. The molecule has 35 heavy (non-hydrogen) atoms. The highest BCUT2D eigenvalue weighted by Crippen LogP contribution is 2.31. The fraction of sp³-hybridized carbons (Fsp3) is 0.333. The van der Waals surface area contributed by atoms with Gasteiger partial charge in [-0.1, -0.05) is 11.6 Å². The fourth-order valence-electron chi connectivity index (χ4n) is 2.95. The average molecular weight is 502 g/mol. The molecule has 0 bridgehead atoms. The number of hydrogen-bond donors (Lipinski definition) is 2. The first-order valence-electron chi connectivity index (χ1n) is 10.7. The van der Waals surface area contributed by atoms with Crippen LogP contribution in [0.15, 0.2) is 46.6 Å². The highest BCUT2D eigenvalue weighted by Gasteiger charge is 2.24. The molecule has 0 spiro atoms. The van der Waals surface area contributed by atoms with Crippen LogP contribution in [-0.4, -0.2) is 69.1 Å². The van der Waals surface area contributed by atoms with Gasteiger partial charge in [0.15, 0.2) is 12.1 Å². The predicted molar refractivity (Wildman–Crippen MR) is 133 cm³/mol. The maximum atomic E-state index is 12.7. The second-order valence-corrected chi connectivity index (χ2v) is 8.28. The van der Waals surface area contributed by atoms with E-state index >= 15 is 0 Å². The van der Waals surface area contributed by atoms with Crippen molar-refractivity contribution >= 4 is 46.9 Å². The Labute approximate surface area is 208 Å². The summed E-state index contributed by atoms with van der Waals surface area (Å²) >= 11 is 5.98. The number of hydrogen-bond acceptors (Lipinski definition) is 8. The van der Waals surface area contributed by atoms with Crippen molar-refractivity contribution < 1.29 is 23.9 Å².